The van der Waals surface area contributed by atoms with Crippen LogP contribution < -0.4 is 4.74 Å². The number of nitrogens with zero attached hydrogens (tertiary/aromatic N) is 1. The Labute approximate surface area is 82.9 Å². The van der Waals surface area contributed by atoms with E-state index in [1.807, 2.05) is 0 Å². The second-order valence-corrected chi connectivity index (χ2v) is 3.83. The number of aromatic nitrogens is 1. The van der Waals surface area contributed by atoms with E-state index in [9.17, 15) is 0 Å². The van der Waals surface area contributed by atoms with Crippen LogP contribution in [0.5, 0.6) is 5.75 Å². The second kappa shape index (κ2) is 3.54. The number of halogens is 1. The Morgan fingerprint density at radius 1 is 1.62 bits per heavy atom. The van der Waals surface area contributed by atoms with E-state index in [2.05, 4.69) is 4.98 Å². The van der Waals surface area contributed by atoms with Crippen molar-refractivity contribution < 1.29 is 4.74 Å². The topological polar surface area (TPSA) is 22.1 Å². The quantitative estimate of drug-likeness (QED) is 0.744. The summed E-state index contributed by atoms with van der Waals surface area (Å²) < 4.78 is 5.21. The Hall–Kier alpha value is -0.760. The lowest BCUT2D eigenvalue weighted by Gasteiger charge is -2.07. The third-order valence-electron chi connectivity index (χ3n) is 2.31. The van der Waals surface area contributed by atoms with Crippen molar-refractivity contribution in [2.24, 2.45) is 5.92 Å². The number of ether oxygens (including phenoxy) is 1. The molecule has 1 aromatic heterocycles. The van der Waals surface area contributed by atoms with Crippen LogP contribution in [-0.2, 0) is 6.42 Å². The third-order valence-corrected chi connectivity index (χ3v) is 2.61. The van der Waals surface area contributed by atoms with Gasteiger partial charge in [-0.1, -0.05) is 11.6 Å². The highest BCUT2D eigenvalue weighted by Crippen LogP contribution is 2.36. The number of rotatable bonds is 3. The summed E-state index contributed by atoms with van der Waals surface area (Å²) in [6.45, 7) is 0. The van der Waals surface area contributed by atoms with Crippen LogP contribution in [0.1, 0.15) is 18.5 Å². The second-order valence-electron chi connectivity index (χ2n) is 3.42. The van der Waals surface area contributed by atoms with Crippen LogP contribution >= 0.6 is 11.6 Å². The van der Waals surface area contributed by atoms with Crippen molar-refractivity contribution in [3.8, 4) is 5.75 Å². The van der Waals surface area contributed by atoms with Crippen molar-refractivity contribution in [2.45, 2.75) is 19.3 Å². The van der Waals surface area contributed by atoms with E-state index in [0.29, 0.717) is 5.02 Å². The molecule has 2 nitrogen and oxygen atoms in total. The van der Waals surface area contributed by atoms with E-state index in [-0.39, 0.29) is 0 Å². The standard InChI is InChI=1S/C10H12ClNO/c1-13-10-8(11)4-5-12-9(10)6-7-2-3-7/h4-5,7H,2-3,6H2,1H3. The molecule has 70 valence electrons. The molecule has 0 unspecified atom stereocenters. The average molecular weight is 198 g/mol. The summed E-state index contributed by atoms with van der Waals surface area (Å²) >= 11 is 5.97. The van der Waals surface area contributed by atoms with Crippen LogP contribution in [0.25, 0.3) is 0 Å². The molecule has 3 heteroatoms. The molecule has 0 spiro atoms. The summed E-state index contributed by atoms with van der Waals surface area (Å²) in [4.78, 5) is 4.28. The van der Waals surface area contributed by atoms with Gasteiger partial charge in [0.1, 0.15) is 0 Å². The van der Waals surface area contributed by atoms with E-state index in [4.69, 9.17) is 16.3 Å². The van der Waals surface area contributed by atoms with Crippen molar-refractivity contribution in [2.75, 3.05) is 7.11 Å². The Morgan fingerprint density at radius 3 is 3.00 bits per heavy atom. The van der Waals surface area contributed by atoms with Crippen LogP contribution in [-0.4, -0.2) is 12.1 Å². The summed E-state index contributed by atoms with van der Waals surface area (Å²) in [6, 6.07) is 1.76. The molecule has 1 saturated carbocycles. The van der Waals surface area contributed by atoms with Crippen LogP contribution in [0.15, 0.2) is 12.3 Å². The molecule has 0 bridgehead atoms. The molecule has 1 aliphatic rings. The summed E-state index contributed by atoms with van der Waals surface area (Å²) in [5, 5.41) is 0.660. The summed E-state index contributed by atoms with van der Waals surface area (Å²) in [7, 11) is 1.64. The fourth-order valence-corrected chi connectivity index (χ4v) is 1.66. The molecule has 0 amide bonds. The van der Waals surface area contributed by atoms with Gasteiger partial charge in [-0.05, 0) is 31.2 Å². The van der Waals surface area contributed by atoms with Crippen LogP contribution in [0, 0.1) is 5.92 Å². The van der Waals surface area contributed by atoms with Gasteiger partial charge >= 0.3 is 0 Å². The van der Waals surface area contributed by atoms with E-state index in [1.165, 1.54) is 12.8 Å². The molecule has 1 heterocycles. The molecular formula is C10H12ClNO. The Kier molecular flexibility index (Phi) is 2.40. The van der Waals surface area contributed by atoms with Crippen molar-refractivity contribution >= 4 is 11.6 Å². The molecule has 1 aromatic rings. The average Bonchev–Trinajstić information content (AvgIpc) is 2.89. The van der Waals surface area contributed by atoms with Gasteiger partial charge in [-0.25, -0.2) is 0 Å². The maximum absolute atomic E-state index is 5.97. The van der Waals surface area contributed by atoms with E-state index in [1.54, 1.807) is 19.4 Å². The van der Waals surface area contributed by atoms with Crippen molar-refractivity contribution in [1.82, 2.24) is 4.98 Å². The predicted molar refractivity (Wildman–Crippen MR) is 52.2 cm³/mol. The van der Waals surface area contributed by atoms with Gasteiger partial charge in [0.15, 0.2) is 5.75 Å². The molecule has 0 saturated heterocycles. The van der Waals surface area contributed by atoms with E-state index >= 15 is 0 Å². The first kappa shape index (κ1) is 8.82. The highest BCUT2D eigenvalue weighted by molar-refractivity contribution is 6.32. The van der Waals surface area contributed by atoms with Crippen molar-refractivity contribution in [1.29, 1.82) is 0 Å². The third kappa shape index (κ3) is 1.94. The van der Waals surface area contributed by atoms with E-state index in [0.717, 1.165) is 23.8 Å². The first-order valence-corrected chi connectivity index (χ1v) is 4.86. The molecule has 2 rings (SSSR count). The maximum atomic E-state index is 5.97. The van der Waals surface area contributed by atoms with Crippen LogP contribution in [0.4, 0.5) is 0 Å². The maximum Gasteiger partial charge on any atom is 0.158 e. The smallest absolute Gasteiger partial charge is 0.158 e. The van der Waals surface area contributed by atoms with Gasteiger partial charge in [0.05, 0.1) is 17.8 Å². The molecule has 0 aromatic carbocycles. The lowest BCUT2D eigenvalue weighted by atomic mass is 10.2. The molecule has 13 heavy (non-hydrogen) atoms. The molecule has 0 aliphatic heterocycles. The fraction of sp³-hybridized carbons (Fsp3) is 0.500. The van der Waals surface area contributed by atoms with Crippen molar-refractivity contribution in [3.63, 3.8) is 0 Å². The zero-order chi connectivity index (χ0) is 9.26. The van der Waals surface area contributed by atoms with Gasteiger partial charge in [-0.3, -0.25) is 4.98 Å². The predicted octanol–water partition coefficient (Wildman–Crippen LogP) is 2.70. The minimum atomic E-state index is 0.660. The molecule has 1 fully saturated rings. The molecular weight excluding hydrogens is 186 g/mol. The zero-order valence-electron chi connectivity index (χ0n) is 7.59. The summed E-state index contributed by atoms with van der Waals surface area (Å²) in [6.07, 6.45) is 5.38. The minimum absolute atomic E-state index is 0.660. The van der Waals surface area contributed by atoms with Gasteiger partial charge in [-0.15, -0.1) is 0 Å². The fourth-order valence-electron chi connectivity index (χ4n) is 1.42. The zero-order valence-corrected chi connectivity index (χ0v) is 8.34. The highest BCUT2D eigenvalue weighted by Gasteiger charge is 2.24. The summed E-state index contributed by atoms with van der Waals surface area (Å²) in [5.41, 5.74) is 0.998. The Balaban J connectivity index is 2.25. The van der Waals surface area contributed by atoms with Crippen LogP contribution in [0.2, 0.25) is 5.02 Å². The molecule has 0 radical (unpaired) electrons. The molecule has 1 aliphatic carbocycles. The summed E-state index contributed by atoms with van der Waals surface area (Å²) in [5.74, 6) is 1.55. The first-order chi connectivity index (χ1) is 6.31. The minimum Gasteiger partial charge on any atom is -0.493 e. The lowest BCUT2D eigenvalue weighted by Crippen LogP contribution is -1.97. The lowest BCUT2D eigenvalue weighted by molar-refractivity contribution is 0.406. The SMILES string of the molecule is COc1c(Cl)ccnc1CC1CC1. The normalized spacial score (nSPS) is 15.8. The number of pyridine rings is 1. The first-order valence-electron chi connectivity index (χ1n) is 4.48. The number of hydrogen-bond donors (Lipinski definition) is 0. The number of hydrogen-bond acceptors (Lipinski definition) is 2. The van der Waals surface area contributed by atoms with Crippen molar-refractivity contribution in [3.05, 3.63) is 23.0 Å². The van der Waals surface area contributed by atoms with Crippen LogP contribution in [0.3, 0.4) is 0 Å². The largest absolute Gasteiger partial charge is 0.493 e. The molecule has 0 atom stereocenters. The Morgan fingerprint density at radius 2 is 2.38 bits per heavy atom. The van der Waals surface area contributed by atoms with Gasteiger partial charge in [0, 0.05) is 6.20 Å². The van der Waals surface area contributed by atoms with Gasteiger partial charge in [0.2, 0.25) is 0 Å². The monoisotopic (exact) mass is 197 g/mol. The highest BCUT2D eigenvalue weighted by atomic mass is 35.5. The number of methoxy groups -OCH3 is 1. The van der Waals surface area contributed by atoms with Gasteiger partial charge < -0.3 is 4.74 Å². The van der Waals surface area contributed by atoms with Gasteiger partial charge in [-0.2, -0.15) is 0 Å². The van der Waals surface area contributed by atoms with Gasteiger partial charge in [0.25, 0.3) is 0 Å². The Bertz CT molecular complexity index is 310. The van der Waals surface area contributed by atoms with E-state index < -0.39 is 0 Å². The molecule has 0 N–H and O–H groups in total.